The summed E-state index contributed by atoms with van der Waals surface area (Å²) in [7, 11) is 0. The van der Waals surface area contributed by atoms with Gasteiger partial charge in [-0.25, -0.2) is 0 Å². The van der Waals surface area contributed by atoms with E-state index >= 15 is 0 Å². The van der Waals surface area contributed by atoms with Crippen LogP contribution in [0.15, 0.2) is 0 Å². The average Bonchev–Trinajstić information content (AvgIpc) is 2.67. The lowest BCUT2D eigenvalue weighted by molar-refractivity contribution is -0.0523. The molecule has 3 heteroatoms. The molecule has 1 aliphatic rings. The van der Waals surface area contributed by atoms with Gasteiger partial charge in [0, 0.05) is 18.9 Å². The second kappa shape index (κ2) is 6.83. The van der Waals surface area contributed by atoms with Crippen LogP contribution in [0.25, 0.3) is 0 Å². The first-order valence-corrected chi connectivity index (χ1v) is 5.27. The van der Waals surface area contributed by atoms with E-state index in [1.165, 1.54) is 0 Å². The average molecular weight is 197 g/mol. The zero-order valence-electron chi connectivity index (χ0n) is 8.79. The fraction of sp³-hybridized carbons (Fsp3) is 0.818. The third-order valence-corrected chi connectivity index (χ3v) is 2.22. The molecule has 1 fully saturated rings. The van der Waals surface area contributed by atoms with Crippen molar-refractivity contribution in [2.24, 2.45) is 0 Å². The van der Waals surface area contributed by atoms with E-state index in [0.717, 1.165) is 25.8 Å². The van der Waals surface area contributed by atoms with Gasteiger partial charge in [0.05, 0.1) is 13.2 Å². The van der Waals surface area contributed by atoms with Crippen molar-refractivity contribution < 1.29 is 9.47 Å². The van der Waals surface area contributed by atoms with Gasteiger partial charge in [-0.2, -0.15) is 0 Å². The van der Waals surface area contributed by atoms with Crippen LogP contribution in [0.2, 0.25) is 0 Å². The summed E-state index contributed by atoms with van der Waals surface area (Å²) in [4.78, 5) is 0. The molecule has 80 valence electrons. The van der Waals surface area contributed by atoms with Gasteiger partial charge in [-0.3, -0.25) is 0 Å². The molecule has 1 unspecified atom stereocenters. The lowest BCUT2D eigenvalue weighted by atomic mass is 10.1. The molecule has 0 saturated carbocycles. The number of hydrogen-bond acceptors (Lipinski definition) is 3. The Hall–Kier alpha value is -0.560. The van der Waals surface area contributed by atoms with E-state index in [1.807, 2.05) is 0 Å². The minimum atomic E-state index is -0.0577. The van der Waals surface area contributed by atoms with Gasteiger partial charge >= 0.3 is 0 Å². The van der Waals surface area contributed by atoms with Crippen molar-refractivity contribution in [1.82, 2.24) is 5.32 Å². The van der Waals surface area contributed by atoms with E-state index in [2.05, 4.69) is 18.2 Å². The summed E-state index contributed by atoms with van der Waals surface area (Å²) < 4.78 is 10.8. The number of nitrogens with one attached hydrogen (secondary N) is 1. The zero-order chi connectivity index (χ0) is 10.2. The molecule has 1 N–H and O–H groups in total. The Bertz CT molecular complexity index is 182. The highest BCUT2D eigenvalue weighted by Gasteiger charge is 2.20. The maximum atomic E-state index is 5.38. The topological polar surface area (TPSA) is 30.5 Å². The molecule has 1 rings (SSSR count). The van der Waals surface area contributed by atoms with E-state index < -0.39 is 0 Å². The van der Waals surface area contributed by atoms with Crippen LogP contribution in [0.5, 0.6) is 0 Å². The first kappa shape index (κ1) is 11.5. The second-order valence-corrected chi connectivity index (χ2v) is 3.47. The Morgan fingerprint density at radius 2 is 2.21 bits per heavy atom. The van der Waals surface area contributed by atoms with Crippen molar-refractivity contribution in [2.45, 2.75) is 38.5 Å². The molecule has 1 heterocycles. The quantitative estimate of drug-likeness (QED) is 0.648. The van der Waals surface area contributed by atoms with E-state index in [9.17, 15) is 0 Å². The number of rotatable bonds is 6. The molecule has 14 heavy (non-hydrogen) atoms. The highest BCUT2D eigenvalue weighted by Crippen LogP contribution is 2.12. The van der Waals surface area contributed by atoms with Gasteiger partial charge in [-0.15, -0.1) is 12.3 Å². The first-order valence-electron chi connectivity index (χ1n) is 5.27. The lowest BCUT2D eigenvalue weighted by Gasteiger charge is -2.18. The van der Waals surface area contributed by atoms with Crippen molar-refractivity contribution in [2.75, 3.05) is 19.8 Å². The summed E-state index contributed by atoms with van der Waals surface area (Å²) in [5, 5.41) is 3.39. The van der Waals surface area contributed by atoms with Crippen molar-refractivity contribution >= 4 is 0 Å². The van der Waals surface area contributed by atoms with E-state index in [1.54, 1.807) is 0 Å². The van der Waals surface area contributed by atoms with Crippen LogP contribution in [0, 0.1) is 12.3 Å². The van der Waals surface area contributed by atoms with Gasteiger partial charge in [0.2, 0.25) is 0 Å². The van der Waals surface area contributed by atoms with E-state index in [-0.39, 0.29) is 6.29 Å². The van der Waals surface area contributed by atoms with Gasteiger partial charge in [-0.1, -0.05) is 6.92 Å². The molecule has 1 saturated heterocycles. The fourth-order valence-electron chi connectivity index (χ4n) is 1.51. The molecule has 1 atom stereocenters. The Balaban J connectivity index is 2.22. The smallest absolute Gasteiger partial charge is 0.159 e. The molecule has 3 nitrogen and oxygen atoms in total. The molecule has 1 aliphatic heterocycles. The van der Waals surface area contributed by atoms with E-state index in [4.69, 9.17) is 15.9 Å². The third kappa shape index (κ3) is 4.10. The third-order valence-electron chi connectivity index (χ3n) is 2.22. The predicted octanol–water partition coefficient (Wildman–Crippen LogP) is 1.14. The summed E-state index contributed by atoms with van der Waals surface area (Å²) >= 11 is 0. The van der Waals surface area contributed by atoms with Crippen LogP contribution in [0.4, 0.5) is 0 Å². The van der Waals surface area contributed by atoms with Crippen molar-refractivity contribution in [1.29, 1.82) is 0 Å². The fourth-order valence-corrected chi connectivity index (χ4v) is 1.51. The summed E-state index contributed by atoms with van der Waals surface area (Å²) in [5.41, 5.74) is 0. The summed E-state index contributed by atoms with van der Waals surface area (Å²) in [6, 6.07) is 0.322. The molecule has 0 aromatic rings. The van der Waals surface area contributed by atoms with Gasteiger partial charge in [-0.05, 0) is 13.0 Å². The minimum Gasteiger partial charge on any atom is -0.350 e. The standard InChI is InChI=1S/C11H19NO2/c1-3-5-10(12-6-4-2)9-11-13-7-8-14-11/h1,10-12H,4-9H2,2H3. The maximum Gasteiger partial charge on any atom is 0.159 e. The van der Waals surface area contributed by atoms with Crippen molar-refractivity contribution in [3.63, 3.8) is 0 Å². The normalized spacial score (nSPS) is 19.4. The first-order chi connectivity index (χ1) is 6.86. The Kier molecular flexibility index (Phi) is 5.62. The molecule has 0 amide bonds. The summed E-state index contributed by atoms with van der Waals surface area (Å²) in [5.74, 6) is 2.68. The largest absolute Gasteiger partial charge is 0.350 e. The Morgan fingerprint density at radius 3 is 2.79 bits per heavy atom. The number of hydrogen-bond donors (Lipinski definition) is 1. The van der Waals surface area contributed by atoms with Crippen LogP contribution >= 0.6 is 0 Å². The zero-order valence-corrected chi connectivity index (χ0v) is 8.79. The SMILES string of the molecule is C#CCC(CC1OCCO1)NCCC. The van der Waals surface area contributed by atoms with Gasteiger partial charge < -0.3 is 14.8 Å². The monoisotopic (exact) mass is 197 g/mol. The molecular weight excluding hydrogens is 178 g/mol. The van der Waals surface area contributed by atoms with Crippen LogP contribution in [-0.4, -0.2) is 32.1 Å². The molecule has 0 aliphatic carbocycles. The predicted molar refractivity (Wildman–Crippen MR) is 55.8 cm³/mol. The highest BCUT2D eigenvalue weighted by molar-refractivity contribution is 4.90. The second-order valence-electron chi connectivity index (χ2n) is 3.47. The molecule has 0 bridgehead atoms. The van der Waals surface area contributed by atoms with Crippen LogP contribution in [0.1, 0.15) is 26.2 Å². The summed E-state index contributed by atoms with van der Waals surface area (Å²) in [6.07, 6.45) is 7.96. The Morgan fingerprint density at radius 1 is 1.50 bits per heavy atom. The Labute approximate surface area is 86.2 Å². The molecule has 0 spiro atoms. The number of terminal acetylenes is 1. The van der Waals surface area contributed by atoms with Crippen molar-refractivity contribution in [3.8, 4) is 12.3 Å². The minimum absolute atomic E-state index is 0.0577. The highest BCUT2D eigenvalue weighted by atomic mass is 16.7. The van der Waals surface area contributed by atoms with Gasteiger partial charge in [0.15, 0.2) is 6.29 Å². The number of ether oxygens (including phenoxy) is 2. The van der Waals surface area contributed by atoms with E-state index in [0.29, 0.717) is 19.3 Å². The van der Waals surface area contributed by atoms with Crippen molar-refractivity contribution in [3.05, 3.63) is 0 Å². The molecule has 0 aromatic carbocycles. The molecular formula is C11H19NO2. The summed E-state index contributed by atoms with van der Waals surface area (Å²) in [6.45, 7) is 4.56. The maximum absolute atomic E-state index is 5.38. The van der Waals surface area contributed by atoms with Crippen LogP contribution < -0.4 is 5.32 Å². The van der Waals surface area contributed by atoms with Crippen LogP contribution in [-0.2, 0) is 9.47 Å². The molecule has 0 radical (unpaired) electrons. The molecule has 0 aromatic heterocycles. The van der Waals surface area contributed by atoms with Gasteiger partial charge in [0.1, 0.15) is 0 Å². The van der Waals surface area contributed by atoms with Crippen LogP contribution in [0.3, 0.4) is 0 Å². The lowest BCUT2D eigenvalue weighted by Crippen LogP contribution is -2.33. The van der Waals surface area contributed by atoms with Gasteiger partial charge in [0.25, 0.3) is 0 Å².